The first-order chi connectivity index (χ1) is 12.6. The molecule has 27 heavy (non-hydrogen) atoms. The molecule has 144 valence electrons. The third-order valence-corrected chi connectivity index (χ3v) is 5.26. The normalized spacial score (nSPS) is 12.1. The van der Waals surface area contributed by atoms with Crippen LogP contribution in [-0.4, -0.2) is 33.5 Å². The second-order valence-corrected chi connectivity index (χ2v) is 7.42. The number of aryl methyl sites for hydroxylation is 1. The minimum atomic E-state index is -3.95. The molecular formula is C18H20N2O6S. The number of carbonyl (C=O) groups excluding carboxylic acids is 2. The van der Waals surface area contributed by atoms with E-state index in [1.807, 2.05) is 0 Å². The zero-order valence-electron chi connectivity index (χ0n) is 15.1. The number of amides is 1. The maximum absolute atomic E-state index is 12.7. The molecule has 2 aromatic carbocycles. The summed E-state index contributed by atoms with van der Waals surface area (Å²) < 4.78 is 37.8. The molecule has 0 heterocycles. The van der Waals surface area contributed by atoms with Gasteiger partial charge in [0.25, 0.3) is 15.9 Å². The van der Waals surface area contributed by atoms with Crippen molar-refractivity contribution in [3.63, 3.8) is 0 Å². The van der Waals surface area contributed by atoms with Gasteiger partial charge in [-0.15, -0.1) is 0 Å². The van der Waals surface area contributed by atoms with Crippen molar-refractivity contribution in [1.29, 1.82) is 0 Å². The second-order valence-electron chi connectivity index (χ2n) is 5.76. The number of nitrogens with one attached hydrogen (secondary N) is 1. The van der Waals surface area contributed by atoms with Gasteiger partial charge >= 0.3 is 5.97 Å². The summed E-state index contributed by atoms with van der Waals surface area (Å²) in [6.45, 7) is 2.93. The molecule has 0 unspecified atom stereocenters. The summed E-state index contributed by atoms with van der Waals surface area (Å²) in [4.78, 5) is 23.1. The highest BCUT2D eigenvalue weighted by atomic mass is 32.2. The predicted octanol–water partition coefficient (Wildman–Crippen LogP) is 1.84. The molecule has 0 aliphatic rings. The number of methoxy groups -OCH3 is 1. The fourth-order valence-corrected chi connectivity index (χ4v) is 3.50. The summed E-state index contributed by atoms with van der Waals surface area (Å²) in [7, 11) is -2.45. The second kappa shape index (κ2) is 8.09. The first-order valence-corrected chi connectivity index (χ1v) is 9.40. The summed E-state index contributed by atoms with van der Waals surface area (Å²) in [5.74, 6) is -1.06. The molecule has 8 nitrogen and oxygen atoms in total. The van der Waals surface area contributed by atoms with E-state index in [4.69, 9.17) is 15.2 Å². The van der Waals surface area contributed by atoms with Gasteiger partial charge in [-0.25, -0.2) is 13.2 Å². The van der Waals surface area contributed by atoms with Crippen LogP contribution in [0.2, 0.25) is 0 Å². The van der Waals surface area contributed by atoms with Crippen LogP contribution in [0.3, 0.4) is 0 Å². The first-order valence-electron chi connectivity index (χ1n) is 7.92. The molecule has 0 aliphatic carbocycles. The first kappa shape index (κ1) is 20.2. The Morgan fingerprint density at radius 1 is 1.11 bits per heavy atom. The van der Waals surface area contributed by atoms with Gasteiger partial charge in [-0.1, -0.05) is 6.07 Å². The van der Waals surface area contributed by atoms with Gasteiger partial charge < -0.3 is 15.2 Å². The largest absolute Gasteiger partial charge is 0.497 e. The molecule has 0 aromatic heterocycles. The molecule has 0 radical (unpaired) electrons. The maximum atomic E-state index is 12.7. The smallest absolute Gasteiger partial charge is 0.338 e. The lowest BCUT2D eigenvalue weighted by atomic mass is 10.1. The van der Waals surface area contributed by atoms with Gasteiger partial charge in [-0.3, -0.25) is 9.52 Å². The number of ether oxygens (including phenoxy) is 2. The number of carbonyl (C=O) groups is 2. The van der Waals surface area contributed by atoms with Crippen LogP contribution >= 0.6 is 0 Å². The standard InChI is InChI=1S/C18H20N2O6S/c1-11-4-5-13(18(22)26-12(2)17(19)21)10-16(11)27(23,24)20-14-6-8-15(25-3)9-7-14/h4-10,12,20H,1-3H3,(H2,19,21)/t12-/m0/s1. The summed E-state index contributed by atoms with van der Waals surface area (Å²) in [6.07, 6.45) is -1.13. The van der Waals surface area contributed by atoms with Gasteiger partial charge in [0.05, 0.1) is 17.6 Å². The molecule has 0 spiro atoms. The number of primary amides is 1. The lowest BCUT2D eigenvalue weighted by Crippen LogP contribution is -2.30. The van der Waals surface area contributed by atoms with E-state index in [1.165, 1.54) is 32.2 Å². The Morgan fingerprint density at radius 2 is 1.74 bits per heavy atom. The molecule has 0 bridgehead atoms. The van der Waals surface area contributed by atoms with Gasteiger partial charge in [-0.2, -0.15) is 0 Å². The molecule has 1 amide bonds. The Bertz CT molecular complexity index is 954. The molecule has 3 N–H and O–H groups in total. The van der Waals surface area contributed by atoms with E-state index in [1.54, 1.807) is 31.2 Å². The van der Waals surface area contributed by atoms with Crippen molar-refractivity contribution in [2.75, 3.05) is 11.8 Å². The summed E-state index contributed by atoms with van der Waals surface area (Å²) in [6, 6.07) is 10.4. The average Bonchev–Trinajstić information content (AvgIpc) is 2.62. The minimum absolute atomic E-state index is 0.0104. The Morgan fingerprint density at radius 3 is 2.30 bits per heavy atom. The number of anilines is 1. The number of benzene rings is 2. The van der Waals surface area contributed by atoms with Crippen LogP contribution in [0.4, 0.5) is 5.69 Å². The third kappa shape index (κ3) is 4.98. The molecule has 1 atom stereocenters. The zero-order valence-corrected chi connectivity index (χ0v) is 15.9. The summed E-state index contributed by atoms with van der Waals surface area (Å²) >= 11 is 0. The Balaban J connectivity index is 2.30. The van der Waals surface area contributed by atoms with Crippen molar-refractivity contribution < 1.29 is 27.5 Å². The van der Waals surface area contributed by atoms with E-state index in [-0.39, 0.29) is 10.5 Å². The highest BCUT2D eigenvalue weighted by Crippen LogP contribution is 2.23. The van der Waals surface area contributed by atoms with Crippen molar-refractivity contribution >= 4 is 27.6 Å². The van der Waals surface area contributed by atoms with E-state index in [2.05, 4.69) is 4.72 Å². The Kier molecular flexibility index (Phi) is 6.06. The molecule has 0 fully saturated rings. The number of hydrogen-bond acceptors (Lipinski definition) is 6. The van der Waals surface area contributed by atoms with Crippen LogP contribution in [-0.2, 0) is 19.6 Å². The van der Waals surface area contributed by atoms with Crippen LogP contribution in [0.5, 0.6) is 5.75 Å². The SMILES string of the molecule is COc1ccc(NS(=O)(=O)c2cc(C(=O)O[C@@H](C)C(N)=O)ccc2C)cc1. The Labute approximate surface area is 157 Å². The van der Waals surface area contributed by atoms with E-state index < -0.39 is 28.0 Å². The van der Waals surface area contributed by atoms with E-state index in [9.17, 15) is 18.0 Å². The maximum Gasteiger partial charge on any atom is 0.338 e. The topological polar surface area (TPSA) is 125 Å². The van der Waals surface area contributed by atoms with Crippen LogP contribution in [0.1, 0.15) is 22.8 Å². The molecule has 0 saturated carbocycles. The molecule has 0 aliphatic heterocycles. The monoisotopic (exact) mass is 392 g/mol. The highest BCUT2D eigenvalue weighted by Gasteiger charge is 2.22. The van der Waals surface area contributed by atoms with Gasteiger partial charge in [0.1, 0.15) is 5.75 Å². The van der Waals surface area contributed by atoms with Gasteiger partial charge in [-0.05, 0) is 55.8 Å². The Hall–Kier alpha value is -3.07. The van der Waals surface area contributed by atoms with E-state index in [0.717, 1.165) is 0 Å². The quantitative estimate of drug-likeness (QED) is 0.693. The fraction of sp³-hybridized carbons (Fsp3) is 0.222. The molecular weight excluding hydrogens is 372 g/mol. The van der Waals surface area contributed by atoms with Crippen molar-refractivity contribution in [3.05, 3.63) is 53.6 Å². The van der Waals surface area contributed by atoms with Crippen molar-refractivity contribution in [2.24, 2.45) is 5.73 Å². The number of nitrogens with two attached hydrogens (primary N) is 1. The number of esters is 1. The molecule has 2 rings (SSSR count). The van der Waals surface area contributed by atoms with E-state index in [0.29, 0.717) is 17.0 Å². The van der Waals surface area contributed by atoms with E-state index >= 15 is 0 Å². The highest BCUT2D eigenvalue weighted by molar-refractivity contribution is 7.92. The van der Waals surface area contributed by atoms with Crippen molar-refractivity contribution in [1.82, 2.24) is 0 Å². The number of rotatable bonds is 7. The van der Waals surface area contributed by atoms with Crippen molar-refractivity contribution in [3.8, 4) is 5.75 Å². The predicted molar refractivity (Wildman–Crippen MR) is 99.1 cm³/mol. The average molecular weight is 392 g/mol. The molecule has 2 aromatic rings. The summed E-state index contributed by atoms with van der Waals surface area (Å²) in [5.41, 5.74) is 5.83. The minimum Gasteiger partial charge on any atom is -0.497 e. The third-order valence-electron chi connectivity index (χ3n) is 3.74. The van der Waals surface area contributed by atoms with Gasteiger partial charge in [0, 0.05) is 5.69 Å². The van der Waals surface area contributed by atoms with Crippen molar-refractivity contribution in [2.45, 2.75) is 24.8 Å². The van der Waals surface area contributed by atoms with Gasteiger partial charge in [0.2, 0.25) is 0 Å². The lowest BCUT2D eigenvalue weighted by molar-refractivity contribution is -0.125. The number of hydrogen-bond donors (Lipinski definition) is 2. The lowest BCUT2D eigenvalue weighted by Gasteiger charge is -2.13. The summed E-state index contributed by atoms with van der Waals surface area (Å²) in [5, 5.41) is 0. The van der Waals surface area contributed by atoms with Crippen LogP contribution < -0.4 is 15.2 Å². The zero-order chi connectivity index (χ0) is 20.2. The van der Waals surface area contributed by atoms with Crippen LogP contribution in [0, 0.1) is 6.92 Å². The van der Waals surface area contributed by atoms with Crippen LogP contribution in [0.25, 0.3) is 0 Å². The molecule has 0 saturated heterocycles. The van der Waals surface area contributed by atoms with Gasteiger partial charge in [0.15, 0.2) is 6.10 Å². The fourth-order valence-electron chi connectivity index (χ4n) is 2.17. The number of sulfonamides is 1. The van der Waals surface area contributed by atoms with Crippen LogP contribution in [0.15, 0.2) is 47.4 Å². The molecule has 9 heteroatoms.